The van der Waals surface area contributed by atoms with Gasteiger partial charge in [-0.3, -0.25) is 4.79 Å². The third kappa shape index (κ3) is 2.79. The van der Waals surface area contributed by atoms with Gasteiger partial charge in [-0.1, -0.05) is 25.1 Å². The van der Waals surface area contributed by atoms with Crippen molar-refractivity contribution in [2.24, 2.45) is 0 Å². The molecule has 0 fully saturated rings. The van der Waals surface area contributed by atoms with E-state index in [0.29, 0.717) is 12.0 Å². The van der Waals surface area contributed by atoms with E-state index in [9.17, 15) is 13.2 Å². The third-order valence-electron chi connectivity index (χ3n) is 1.85. The van der Waals surface area contributed by atoms with Crippen molar-refractivity contribution in [1.29, 1.82) is 0 Å². The van der Waals surface area contributed by atoms with Gasteiger partial charge in [0, 0.05) is 6.92 Å². The zero-order valence-corrected chi connectivity index (χ0v) is 9.37. The van der Waals surface area contributed by atoms with E-state index in [1.165, 1.54) is 6.07 Å². The van der Waals surface area contributed by atoms with Gasteiger partial charge in [0.1, 0.15) is 4.90 Å². The lowest BCUT2D eigenvalue weighted by Gasteiger charge is -2.07. The van der Waals surface area contributed by atoms with Crippen LogP contribution in [-0.4, -0.2) is 14.4 Å². The normalized spacial score (nSPS) is 11.1. The molecule has 0 amide bonds. The van der Waals surface area contributed by atoms with Crippen molar-refractivity contribution < 1.29 is 17.4 Å². The maximum absolute atomic E-state index is 11.6. The van der Waals surface area contributed by atoms with Gasteiger partial charge in [-0.2, -0.15) is 8.42 Å². The van der Waals surface area contributed by atoms with Crippen LogP contribution in [0.4, 0.5) is 0 Å². The van der Waals surface area contributed by atoms with Gasteiger partial charge in [0.25, 0.3) is 0 Å². The van der Waals surface area contributed by atoms with Crippen molar-refractivity contribution in [3.63, 3.8) is 0 Å². The number of carbonyl (C=O) groups excluding carboxylic acids is 1. The highest BCUT2D eigenvalue weighted by Crippen LogP contribution is 2.18. The lowest BCUT2D eigenvalue weighted by Crippen LogP contribution is -2.12. The molecule has 15 heavy (non-hydrogen) atoms. The number of hydrogen-bond donors (Lipinski definition) is 0. The van der Waals surface area contributed by atoms with Crippen LogP contribution in [0.5, 0.6) is 0 Å². The van der Waals surface area contributed by atoms with Crippen LogP contribution >= 0.6 is 0 Å². The van der Waals surface area contributed by atoms with Crippen LogP contribution in [0.1, 0.15) is 19.4 Å². The topological polar surface area (TPSA) is 60.4 Å². The first-order chi connectivity index (χ1) is 6.97. The molecule has 0 saturated heterocycles. The van der Waals surface area contributed by atoms with E-state index in [1.54, 1.807) is 18.2 Å². The molecule has 0 heterocycles. The molecule has 0 bridgehead atoms. The van der Waals surface area contributed by atoms with E-state index in [-0.39, 0.29) is 4.90 Å². The molecule has 0 radical (unpaired) electrons. The van der Waals surface area contributed by atoms with E-state index in [2.05, 4.69) is 4.18 Å². The van der Waals surface area contributed by atoms with Gasteiger partial charge in [-0.25, -0.2) is 0 Å². The van der Waals surface area contributed by atoms with Crippen LogP contribution in [-0.2, 0) is 25.5 Å². The molecule has 1 rings (SSSR count). The molecule has 0 aliphatic carbocycles. The summed E-state index contributed by atoms with van der Waals surface area (Å²) in [6, 6.07) is 6.45. The summed E-state index contributed by atoms with van der Waals surface area (Å²) in [6.07, 6.45) is 0.566. The average Bonchev–Trinajstić information content (AvgIpc) is 2.16. The standard InChI is InChI=1S/C10H12O4S/c1-3-9-6-4-5-7-10(9)15(12,13)14-8(2)11/h4-7H,3H2,1-2H3. The summed E-state index contributed by atoms with van der Waals surface area (Å²) in [4.78, 5) is 10.7. The van der Waals surface area contributed by atoms with Crippen molar-refractivity contribution >= 4 is 16.1 Å². The highest BCUT2D eigenvalue weighted by atomic mass is 32.2. The Labute approximate surface area is 89.0 Å². The number of rotatable bonds is 3. The van der Waals surface area contributed by atoms with Crippen molar-refractivity contribution in [1.82, 2.24) is 0 Å². The third-order valence-corrected chi connectivity index (χ3v) is 3.24. The minimum Gasteiger partial charge on any atom is -0.343 e. The van der Waals surface area contributed by atoms with Crippen molar-refractivity contribution in [3.05, 3.63) is 29.8 Å². The van der Waals surface area contributed by atoms with Gasteiger partial charge in [-0.15, -0.1) is 0 Å². The molecule has 0 spiro atoms. The number of hydrogen-bond acceptors (Lipinski definition) is 4. The molecule has 0 aromatic heterocycles. The SMILES string of the molecule is CCc1ccccc1S(=O)(=O)OC(C)=O. The molecule has 5 heteroatoms. The highest BCUT2D eigenvalue weighted by molar-refractivity contribution is 7.87. The molecular weight excluding hydrogens is 216 g/mol. The maximum Gasteiger partial charge on any atom is 0.341 e. The molecule has 82 valence electrons. The Morgan fingerprint density at radius 1 is 1.33 bits per heavy atom. The van der Waals surface area contributed by atoms with Gasteiger partial charge < -0.3 is 4.18 Å². The lowest BCUT2D eigenvalue weighted by atomic mass is 10.2. The molecule has 0 aliphatic rings. The summed E-state index contributed by atoms with van der Waals surface area (Å²) in [5, 5.41) is 0. The van der Waals surface area contributed by atoms with E-state index in [1.807, 2.05) is 6.92 Å². The second kappa shape index (κ2) is 4.44. The van der Waals surface area contributed by atoms with Crippen LogP contribution < -0.4 is 0 Å². The average molecular weight is 228 g/mol. The molecular formula is C10H12O4S. The summed E-state index contributed by atoms with van der Waals surface area (Å²) < 4.78 is 27.5. The first-order valence-corrected chi connectivity index (χ1v) is 5.91. The monoisotopic (exact) mass is 228 g/mol. The molecule has 0 unspecified atom stereocenters. The van der Waals surface area contributed by atoms with Gasteiger partial charge in [-0.05, 0) is 18.1 Å². The first-order valence-electron chi connectivity index (χ1n) is 4.50. The summed E-state index contributed by atoms with van der Waals surface area (Å²) >= 11 is 0. The minimum atomic E-state index is -3.95. The maximum atomic E-state index is 11.6. The second-order valence-corrected chi connectivity index (χ2v) is 4.51. The largest absolute Gasteiger partial charge is 0.343 e. The van der Waals surface area contributed by atoms with Crippen LogP contribution in [0.15, 0.2) is 29.2 Å². The Balaban J connectivity index is 3.20. The Morgan fingerprint density at radius 3 is 2.47 bits per heavy atom. The summed E-state index contributed by atoms with van der Waals surface area (Å²) in [5.41, 5.74) is 0.638. The Kier molecular flexibility index (Phi) is 3.47. The van der Waals surface area contributed by atoms with Crippen molar-refractivity contribution in [2.75, 3.05) is 0 Å². The van der Waals surface area contributed by atoms with Crippen LogP contribution in [0.25, 0.3) is 0 Å². The molecule has 4 nitrogen and oxygen atoms in total. The molecule has 1 aromatic carbocycles. The zero-order valence-electron chi connectivity index (χ0n) is 8.56. The zero-order chi connectivity index (χ0) is 11.5. The van der Waals surface area contributed by atoms with Crippen LogP contribution in [0.3, 0.4) is 0 Å². The van der Waals surface area contributed by atoms with Crippen LogP contribution in [0, 0.1) is 0 Å². The molecule has 0 atom stereocenters. The second-order valence-electron chi connectivity index (χ2n) is 2.99. The number of carbonyl (C=O) groups is 1. The molecule has 0 saturated carbocycles. The number of aryl methyl sites for hydroxylation is 1. The minimum absolute atomic E-state index is 0.0581. The predicted octanol–water partition coefficient (Wildman–Crippen LogP) is 1.50. The first kappa shape index (κ1) is 11.7. The fourth-order valence-corrected chi connectivity index (χ4v) is 2.42. The summed E-state index contributed by atoms with van der Waals surface area (Å²) in [6.45, 7) is 2.90. The Hall–Kier alpha value is -1.36. The van der Waals surface area contributed by atoms with E-state index >= 15 is 0 Å². The Morgan fingerprint density at radius 2 is 1.93 bits per heavy atom. The van der Waals surface area contributed by atoms with E-state index < -0.39 is 16.1 Å². The Bertz CT molecular complexity index is 462. The summed E-state index contributed by atoms with van der Waals surface area (Å²) in [5.74, 6) is -0.832. The quantitative estimate of drug-likeness (QED) is 0.735. The van der Waals surface area contributed by atoms with Gasteiger partial charge in [0.2, 0.25) is 0 Å². The summed E-state index contributed by atoms with van der Waals surface area (Å²) in [7, 11) is -3.95. The van der Waals surface area contributed by atoms with Gasteiger partial charge in [0.05, 0.1) is 0 Å². The van der Waals surface area contributed by atoms with Crippen LogP contribution in [0.2, 0.25) is 0 Å². The molecule has 0 N–H and O–H groups in total. The van der Waals surface area contributed by atoms with Gasteiger partial charge >= 0.3 is 16.1 Å². The van der Waals surface area contributed by atoms with Crippen molar-refractivity contribution in [3.8, 4) is 0 Å². The molecule has 1 aromatic rings. The van der Waals surface area contributed by atoms with E-state index in [0.717, 1.165) is 6.92 Å². The van der Waals surface area contributed by atoms with E-state index in [4.69, 9.17) is 0 Å². The predicted molar refractivity (Wildman–Crippen MR) is 54.8 cm³/mol. The molecule has 0 aliphatic heterocycles. The lowest BCUT2D eigenvalue weighted by molar-refractivity contribution is -0.131. The van der Waals surface area contributed by atoms with Crippen molar-refractivity contribution in [2.45, 2.75) is 25.2 Å². The fourth-order valence-electron chi connectivity index (χ4n) is 1.24. The smallest absolute Gasteiger partial charge is 0.341 e. The fraction of sp³-hybridized carbons (Fsp3) is 0.300. The highest BCUT2D eigenvalue weighted by Gasteiger charge is 2.20. The van der Waals surface area contributed by atoms with Gasteiger partial charge in [0.15, 0.2) is 0 Å². The number of benzene rings is 1.